The van der Waals surface area contributed by atoms with Gasteiger partial charge >= 0.3 is 0 Å². The summed E-state index contributed by atoms with van der Waals surface area (Å²) in [6.07, 6.45) is 0.828. The number of nitrogens with zero attached hydrogens (tertiary/aromatic N) is 1. The van der Waals surface area contributed by atoms with Crippen LogP contribution in [0.4, 0.5) is 0 Å². The SMILES string of the molecule is Cc1ccc(C2CN=C(CCN)O2)cc1. The number of nitrogens with two attached hydrogens (primary N) is 1. The number of rotatable bonds is 3. The minimum absolute atomic E-state index is 0.0900. The van der Waals surface area contributed by atoms with Gasteiger partial charge in [0.1, 0.15) is 6.10 Å². The van der Waals surface area contributed by atoms with Gasteiger partial charge in [-0.25, -0.2) is 0 Å². The summed E-state index contributed by atoms with van der Waals surface area (Å²) < 4.78 is 5.70. The van der Waals surface area contributed by atoms with Crippen LogP contribution in [0.15, 0.2) is 29.3 Å². The van der Waals surface area contributed by atoms with Crippen LogP contribution in [0.5, 0.6) is 0 Å². The second-order valence-corrected chi connectivity index (χ2v) is 3.79. The lowest BCUT2D eigenvalue weighted by molar-refractivity contribution is 0.224. The van der Waals surface area contributed by atoms with Crippen LogP contribution in [0, 0.1) is 6.92 Å². The van der Waals surface area contributed by atoms with Gasteiger partial charge in [-0.3, -0.25) is 4.99 Å². The number of aryl methyl sites for hydroxylation is 1. The van der Waals surface area contributed by atoms with Gasteiger partial charge in [0, 0.05) is 13.0 Å². The predicted octanol–water partition coefficient (Wildman–Crippen LogP) is 1.81. The zero-order valence-corrected chi connectivity index (χ0v) is 8.94. The molecule has 0 amide bonds. The summed E-state index contributed by atoms with van der Waals surface area (Å²) in [5.41, 5.74) is 7.91. The van der Waals surface area contributed by atoms with Gasteiger partial charge in [-0.05, 0) is 12.5 Å². The molecule has 80 valence electrons. The second-order valence-electron chi connectivity index (χ2n) is 3.79. The highest BCUT2D eigenvalue weighted by atomic mass is 16.5. The Labute approximate surface area is 90.0 Å². The first-order valence-electron chi connectivity index (χ1n) is 5.26. The van der Waals surface area contributed by atoms with E-state index < -0.39 is 0 Å². The maximum Gasteiger partial charge on any atom is 0.185 e. The van der Waals surface area contributed by atoms with E-state index in [-0.39, 0.29) is 6.10 Å². The van der Waals surface area contributed by atoms with Crippen molar-refractivity contribution in [3.63, 3.8) is 0 Å². The minimum Gasteiger partial charge on any atom is -0.471 e. The molecule has 3 heteroatoms. The molecule has 0 fully saturated rings. The van der Waals surface area contributed by atoms with Gasteiger partial charge in [0.2, 0.25) is 0 Å². The molecular formula is C12H16N2O. The van der Waals surface area contributed by atoms with Crippen molar-refractivity contribution in [2.24, 2.45) is 10.7 Å². The lowest BCUT2D eigenvalue weighted by Gasteiger charge is -2.11. The molecule has 1 aromatic carbocycles. The van der Waals surface area contributed by atoms with E-state index in [0.29, 0.717) is 6.54 Å². The van der Waals surface area contributed by atoms with Gasteiger partial charge in [0.25, 0.3) is 0 Å². The highest BCUT2D eigenvalue weighted by Gasteiger charge is 2.20. The molecule has 0 saturated carbocycles. The minimum atomic E-state index is 0.0900. The largest absolute Gasteiger partial charge is 0.471 e. The molecular weight excluding hydrogens is 188 g/mol. The number of aliphatic imine (C=N–C) groups is 1. The molecule has 0 bridgehead atoms. The molecule has 0 aromatic heterocycles. The smallest absolute Gasteiger partial charge is 0.185 e. The lowest BCUT2D eigenvalue weighted by atomic mass is 10.1. The molecule has 1 atom stereocenters. The fourth-order valence-electron chi connectivity index (χ4n) is 1.64. The maximum absolute atomic E-state index is 5.70. The summed E-state index contributed by atoms with van der Waals surface area (Å²) in [7, 11) is 0. The Kier molecular flexibility index (Phi) is 3.02. The fraction of sp³-hybridized carbons (Fsp3) is 0.417. The number of hydrogen-bond donors (Lipinski definition) is 1. The average molecular weight is 204 g/mol. The zero-order chi connectivity index (χ0) is 10.7. The molecule has 0 spiro atoms. The molecule has 0 radical (unpaired) electrons. The Bertz CT molecular complexity index is 356. The van der Waals surface area contributed by atoms with Crippen molar-refractivity contribution in [1.29, 1.82) is 0 Å². The second kappa shape index (κ2) is 4.45. The summed E-state index contributed by atoms with van der Waals surface area (Å²) in [5.74, 6) is 0.795. The summed E-state index contributed by atoms with van der Waals surface area (Å²) in [5, 5.41) is 0. The van der Waals surface area contributed by atoms with Gasteiger partial charge in [-0.15, -0.1) is 0 Å². The first-order valence-corrected chi connectivity index (χ1v) is 5.26. The quantitative estimate of drug-likeness (QED) is 0.816. The summed E-state index contributed by atoms with van der Waals surface area (Å²) in [6.45, 7) is 3.40. The summed E-state index contributed by atoms with van der Waals surface area (Å²) >= 11 is 0. The standard InChI is InChI=1S/C12H16N2O/c1-9-2-4-10(5-3-9)11-8-14-12(15-11)6-7-13/h2-5,11H,6-8,13H2,1H3. The highest BCUT2D eigenvalue weighted by molar-refractivity contribution is 5.78. The molecule has 1 unspecified atom stereocenters. The highest BCUT2D eigenvalue weighted by Crippen LogP contribution is 2.23. The number of hydrogen-bond acceptors (Lipinski definition) is 3. The Hall–Kier alpha value is -1.35. The maximum atomic E-state index is 5.70. The molecule has 3 nitrogen and oxygen atoms in total. The molecule has 0 aliphatic carbocycles. The van der Waals surface area contributed by atoms with Crippen molar-refractivity contribution in [3.05, 3.63) is 35.4 Å². The Morgan fingerprint density at radius 3 is 2.80 bits per heavy atom. The van der Waals surface area contributed by atoms with Crippen molar-refractivity contribution in [2.75, 3.05) is 13.1 Å². The van der Waals surface area contributed by atoms with Gasteiger partial charge in [-0.2, -0.15) is 0 Å². The van der Waals surface area contributed by atoms with Crippen molar-refractivity contribution in [1.82, 2.24) is 0 Å². The summed E-state index contributed by atoms with van der Waals surface area (Å²) in [4.78, 5) is 4.32. The number of ether oxygens (including phenoxy) is 1. The van der Waals surface area contributed by atoms with E-state index in [1.165, 1.54) is 11.1 Å². The summed E-state index contributed by atoms with van der Waals surface area (Å²) in [6, 6.07) is 8.39. The molecule has 0 saturated heterocycles. The normalized spacial score (nSPS) is 19.9. The fourth-order valence-corrected chi connectivity index (χ4v) is 1.64. The van der Waals surface area contributed by atoms with E-state index >= 15 is 0 Å². The molecule has 2 rings (SSSR count). The van der Waals surface area contributed by atoms with Crippen LogP contribution in [-0.4, -0.2) is 19.0 Å². The van der Waals surface area contributed by atoms with Crippen LogP contribution < -0.4 is 5.73 Å². The molecule has 2 N–H and O–H groups in total. The predicted molar refractivity (Wildman–Crippen MR) is 61.0 cm³/mol. The van der Waals surface area contributed by atoms with Crippen LogP contribution in [-0.2, 0) is 4.74 Å². The molecule has 1 aromatic rings. The van der Waals surface area contributed by atoms with Crippen molar-refractivity contribution < 1.29 is 4.74 Å². The third kappa shape index (κ3) is 2.36. The van der Waals surface area contributed by atoms with E-state index in [0.717, 1.165) is 18.9 Å². The van der Waals surface area contributed by atoms with Gasteiger partial charge in [0.15, 0.2) is 5.90 Å². The Balaban J connectivity index is 2.01. The molecule has 1 aliphatic heterocycles. The lowest BCUT2D eigenvalue weighted by Crippen LogP contribution is -2.10. The Morgan fingerprint density at radius 1 is 1.40 bits per heavy atom. The topological polar surface area (TPSA) is 47.6 Å². The third-order valence-corrected chi connectivity index (χ3v) is 2.52. The van der Waals surface area contributed by atoms with E-state index in [2.05, 4.69) is 36.2 Å². The number of benzene rings is 1. The van der Waals surface area contributed by atoms with Crippen LogP contribution in [0.1, 0.15) is 23.7 Å². The molecule has 1 heterocycles. The van der Waals surface area contributed by atoms with E-state index in [1.807, 2.05) is 0 Å². The first-order chi connectivity index (χ1) is 7.29. The van der Waals surface area contributed by atoms with E-state index in [9.17, 15) is 0 Å². The van der Waals surface area contributed by atoms with Crippen LogP contribution in [0.2, 0.25) is 0 Å². The van der Waals surface area contributed by atoms with Gasteiger partial charge in [0.05, 0.1) is 6.54 Å². The zero-order valence-electron chi connectivity index (χ0n) is 8.94. The van der Waals surface area contributed by atoms with Crippen LogP contribution in [0.25, 0.3) is 0 Å². The molecule has 15 heavy (non-hydrogen) atoms. The van der Waals surface area contributed by atoms with E-state index in [1.54, 1.807) is 0 Å². The third-order valence-electron chi connectivity index (χ3n) is 2.52. The van der Waals surface area contributed by atoms with Crippen LogP contribution in [0.3, 0.4) is 0 Å². The molecule has 1 aliphatic rings. The van der Waals surface area contributed by atoms with Gasteiger partial charge in [-0.1, -0.05) is 29.8 Å². The Morgan fingerprint density at radius 2 is 2.13 bits per heavy atom. The van der Waals surface area contributed by atoms with Crippen molar-refractivity contribution in [3.8, 4) is 0 Å². The monoisotopic (exact) mass is 204 g/mol. The van der Waals surface area contributed by atoms with Crippen molar-refractivity contribution >= 4 is 5.90 Å². The first kappa shape index (κ1) is 10.2. The average Bonchev–Trinajstić information content (AvgIpc) is 2.68. The van der Waals surface area contributed by atoms with E-state index in [4.69, 9.17) is 10.5 Å². The van der Waals surface area contributed by atoms with Gasteiger partial charge < -0.3 is 10.5 Å². The van der Waals surface area contributed by atoms with Crippen molar-refractivity contribution in [2.45, 2.75) is 19.4 Å². The van der Waals surface area contributed by atoms with Crippen LogP contribution >= 0.6 is 0 Å².